The molecule has 2 aromatic heterocycles. The van der Waals surface area contributed by atoms with Crippen molar-refractivity contribution in [1.29, 1.82) is 0 Å². The molecule has 0 unspecified atom stereocenters. The van der Waals surface area contributed by atoms with Crippen molar-refractivity contribution >= 4 is 22.4 Å². The highest BCUT2D eigenvalue weighted by Gasteiger charge is 2.30. The van der Waals surface area contributed by atoms with Gasteiger partial charge in [0.1, 0.15) is 11.6 Å². The van der Waals surface area contributed by atoms with Gasteiger partial charge in [0.15, 0.2) is 5.82 Å². The predicted molar refractivity (Wildman–Crippen MR) is 119 cm³/mol. The third kappa shape index (κ3) is 4.15. The second-order valence-electron chi connectivity index (χ2n) is 8.21. The van der Waals surface area contributed by atoms with E-state index in [0.29, 0.717) is 18.1 Å². The molecule has 2 atom stereocenters. The fourth-order valence-corrected chi connectivity index (χ4v) is 4.51. The van der Waals surface area contributed by atoms with Crippen LogP contribution < -0.4 is 14.5 Å². The summed E-state index contributed by atoms with van der Waals surface area (Å²) in [4.78, 5) is 4.49. The number of aliphatic hydroxyl groups excluding tert-OH is 1. The van der Waals surface area contributed by atoms with Crippen molar-refractivity contribution in [3.8, 4) is 5.88 Å². The fraction of sp³-hybridized carbons (Fsp3) is 0.500. The number of ether oxygens (including phenoxy) is 2. The molecule has 0 spiro atoms. The van der Waals surface area contributed by atoms with Gasteiger partial charge >= 0.3 is 0 Å². The molecule has 2 aliphatic heterocycles. The molecule has 1 aromatic carbocycles. The summed E-state index contributed by atoms with van der Waals surface area (Å²) in [6.45, 7) is 4.74. The molecule has 168 valence electrons. The maximum Gasteiger partial charge on any atom is 0.233 e. The monoisotopic (exact) mass is 437 g/mol. The highest BCUT2D eigenvalue weighted by Crippen LogP contribution is 2.33. The van der Waals surface area contributed by atoms with Crippen molar-refractivity contribution in [1.82, 2.24) is 25.6 Å². The molecule has 10 heteroatoms. The first-order valence-electron chi connectivity index (χ1n) is 11.0. The zero-order valence-electron chi connectivity index (χ0n) is 18.1. The quantitative estimate of drug-likeness (QED) is 0.632. The predicted octanol–water partition coefficient (Wildman–Crippen LogP) is 1.61. The van der Waals surface area contributed by atoms with E-state index >= 15 is 0 Å². The van der Waals surface area contributed by atoms with Gasteiger partial charge in [-0.3, -0.25) is 0 Å². The Kier molecular flexibility index (Phi) is 5.95. The van der Waals surface area contributed by atoms with Gasteiger partial charge < -0.3 is 24.4 Å². The maximum absolute atomic E-state index is 10.9. The first-order chi connectivity index (χ1) is 15.7. The molecule has 2 saturated heterocycles. The van der Waals surface area contributed by atoms with Crippen LogP contribution >= 0.6 is 0 Å². The number of benzene rings is 1. The van der Waals surface area contributed by atoms with Crippen molar-refractivity contribution in [3.63, 3.8) is 0 Å². The van der Waals surface area contributed by atoms with Crippen molar-refractivity contribution < 1.29 is 14.6 Å². The number of aromatic nitrogens is 5. The highest BCUT2D eigenvalue weighted by atomic mass is 16.5. The normalized spacial score (nSPS) is 20.4. The van der Waals surface area contributed by atoms with E-state index in [-0.39, 0.29) is 5.92 Å². The lowest BCUT2D eigenvalue weighted by atomic mass is 9.90. The Labute approximate surface area is 186 Å². The summed E-state index contributed by atoms with van der Waals surface area (Å²) < 4.78 is 10.5. The molecule has 3 aromatic rings. The van der Waals surface area contributed by atoms with Gasteiger partial charge in [0.2, 0.25) is 5.88 Å². The Morgan fingerprint density at radius 2 is 1.91 bits per heavy atom. The molecule has 0 amide bonds. The number of aliphatic hydroxyl groups is 1. The third-order valence-corrected chi connectivity index (χ3v) is 6.27. The lowest BCUT2D eigenvalue weighted by Crippen LogP contribution is -2.39. The van der Waals surface area contributed by atoms with Crippen molar-refractivity contribution in [3.05, 3.63) is 36.0 Å². The average molecular weight is 438 g/mol. The van der Waals surface area contributed by atoms with Crippen LogP contribution in [-0.4, -0.2) is 77.2 Å². The lowest BCUT2D eigenvalue weighted by molar-refractivity contribution is 0.0930. The molecule has 0 radical (unpaired) electrons. The van der Waals surface area contributed by atoms with Crippen LogP contribution in [0.25, 0.3) is 10.9 Å². The Morgan fingerprint density at radius 1 is 1.03 bits per heavy atom. The summed E-state index contributed by atoms with van der Waals surface area (Å²) >= 11 is 0. The summed E-state index contributed by atoms with van der Waals surface area (Å²) in [7, 11) is 1.54. The number of anilines is 2. The smallest absolute Gasteiger partial charge is 0.233 e. The summed E-state index contributed by atoms with van der Waals surface area (Å²) in [5.74, 6) is 1.26. The van der Waals surface area contributed by atoms with E-state index in [1.54, 1.807) is 19.2 Å². The third-order valence-electron chi connectivity index (χ3n) is 6.27. The van der Waals surface area contributed by atoms with E-state index < -0.39 is 6.10 Å². The molecule has 0 saturated carbocycles. The number of methoxy groups -OCH3 is 1. The minimum absolute atomic E-state index is 0.0177. The number of hydrogen-bond acceptors (Lipinski definition) is 10. The Balaban J connectivity index is 1.36. The number of rotatable bonds is 5. The van der Waals surface area contributed by atoms with Gasteiger partial charge in [-0.1, -0.05) is 0 Å². The molecule has 5 rings (SSSR count). The first-order valence-corrected chi connectivity index (χ1v) is 11.0. The first kappa shape index (κ1) is 20.8. The number of morpholine rings is 1. The van der Waals surface area contributed by atoms with Crippen LogP contribution in [0.1, 0.15) is 24.6 Å². The van der Waals surface area contributed by atoms with E-state index in [0.717, 1.165) is 68.1 Å². The minimum Gasteiger partial charge on any atom is -0.480 e. The van der Waals surface area contributed by atoms with Crippen LogP contribution in [0.2, 0.25) is 0 Å². The lowest BCUT2D eigenvalue weighted by Gasteiger charge is -2.35. The van der Waals surface area contributed by atoms with Crippen molar-refractivity contribution in [2.24, 2.45) is 5.92 Å². The van der Waals surface area contributed by atoms with Crippen LogP contribution in [0.5, 0.6) is 5.88 Å². The van der Waals surface area contributed by atoms with Gasteiger partial charge in [-0.25, -0.2) is 0 Å². The SMILES string of the molecule is COc1ccc([C@@H](O)[C@H]2CCCN(c3nnnc4cc(N5CCOCC5)ccc34)C2)nn1. The Morgan fingerprint density at radius 3 is 2.69 bits per heavy atom. The van der Waals surface area contributed by atoms with E-state index in [4.69, 9.17) is 9.47 Å². The van der Waals surface area contributed by atoms with Gasteiger partial charge in [-0.05, 0) is 42.3 Å². The van der Waals surface area contributed by atoms with Crippen LogP contribution in [0, 0.1) is 5.92 Å². The summed E-state index contributed by atoms with van der Waals surface area (Å²) in [6, 6.07) is 9.75. The molecule has 2 aliphatic rings. The zero-order chi connectivity index (χ0) is 21.9. The Hall–Kier alpha value is -3.11. The zero-order valence-corrected chi connectivity index (χ0v) is 18.1. The van der Waals surface area contributed by atoms with E-state index in [1.165, 1.54) is 0 Å². The number of nitrogens with zero attached hydrogens (tertiary/aromatic N) is 7. The Bertz CT molecular complexity index is 1060. The van der Waals surface area contributed by atoms with Crippen LogP contribution in [-0.2, 0) is 4.74 Å². The number of fused-ring (bicyclic) bond motifs is 1. The van der Waals surface area contributed by atoms with Gasteiger partial charge in [-0.2, -0.15) is 0 Å². The van der Waals surface area contributed by atoms with Crippen molar-refractivity contribution in [2.45, 2.75) is 18.9 Å². The van der Waals surface area contributed by atoms with Gasteiger partial charge in [0, 0.05) is 49.2 Å². The molecule has 0 bridgehead atoms. The molecule has 32 heavy (non-hydrogen) atoms. The van der Waals surface area contributed by atoms with Crippen LogP contribution in [0.3, 0.4) is 0 Å². The second kappa shape index (κ2) is 9.17. The average Bonchev–Trinajstić information content (AvgIpc) is 2.88. The molecule has 0 aliphatic carbocycles. The number of hydrogen-bond donors (Lipinski definition) is 1. The van der Waals surface area contributed by atoms with Gasteiger partial charge in [-0.15, -0.1) is 20.4 Å². The molecule has 1 N–H and O–H groups in total. The van der Waals surface area contributed by atoms with E-state index in [1.807, 2.05) is 0 Å². The largest absolute Gasteiger partial charge is 0.480 e. The molecule has 10 nitrogen and oxygen atoms in total. The maximum atomic E-state index is 10.9. The van der Waals surface area contributed by atoms with Gasteiger partial charge in [0.25, 0.3) is 0 Å². The van der Waals surface area contributed by atoms with Crippen LogP contribution in [0.15, 0.2) is 30.3 Å². The van der Waals surface area contributed by atoms with Gasteiger partial charge in [0.05, 0.1) is 26.0 Å². The molecular weight excluding hydrogens is 410 g/mol. The minimum atomic E-state index is -0.704. The fourth-order valence-electron chi connectivity index (χ4n) is 4.51. The number of piperidine rings is 1. The molecular formula is C22H27N7O3. The summed E-state index contributed by atoms with van der Waals surface area (Å²) in [5.41, 5.74) is 2.50. The summed E-state index contributed by atoms with van der Waals surface area (Å²) in [5, 5.41) is 32.7. The van der Waals surface area contributed by atoms with Crippen LogP contribution in [0.4, 0.5) is 11.5 Å². The summed E-state index contributed by atoms with van der Waals surface area (Å²) in [6.07, 6.45) is 1.15. The topological polar surface area (TPSA) is 110 Å². The second-order valence-corrected chi connectivity index (χ2v) is 8.21. The highest BCUT2D eigenvalue weighted by molar-refractivity contribution is 5.91. The molecule has 2 fully saturated rings. The van der Waals surface area contributed by atoms with Crippen molar-refractivity contribution in [2.75, 3.05) is 56.3 Å². The van der Waals surface area contributed by atoms with E-state index in [2.05, 4.69) is 53.6 Å². The molecule has 4 heterocycles. The standard InChI is InChI=1S/C22H27N7O3/c1-31-20-7-6-18(23-25-20)21(30)15-3-2-8-29(14-15)22-17-5-4-16(13-19(17)24-27-26-22)28-9-11-32-12-10-28/h4-7,13,15,21,30H,2-3,8-12,14H2,1H3/t15-,21-/m0/s1. The van der Waals surface area contributed by atoms with E-state index in [9.17, 15) is 5.11 Å².